The second kappa shape index (κ2) is 7.89. The quantitative estimate of drug-likeness (QED) is 0.603. The number of aromatic nitrogens is 2. The Bertz CT molecular complexity index is 814. The minimum atomic E-state index is -0.509. The summed E-state index contributed by atoms with van der Waals surface area (Å²) in [6.45, 7) is 0.870. The van der Waals surface area contributed by atoms with Crippen molar-refractivity contribution in [1.29, 1.82) is 0 Å². The third kappa shape index (κ3) is 4.35. The molecule has 142 valence electrons. The Hall–Kier alpha value is -2.71. The van der Waals surface area contributed by atoms with Crippen LogP contribution in [0.2, 0.25) is 0 Å². The maximum atomic E-state index is 10.9. The zero-order chi connectivity index (χ0) is 18.6. The fraction of sp³-hybridized carbons (Fsp3) is 0.421. The van der Waals surface area contributed by atoms with Gasteiger partial charge in [0.15, 0.2) is 12.4 Å². The monoisotopic (exact) mass is 368 g/mol. The van der Waals surface area contributed by atoms with Gasteiger partial charge in [-0.25, -0.2) is 9.97 Å². The lowest BCUT2D eigenvalue weighted by Gasteiger charge is -2.31. The highest BCUT2D eigenvalue weighted by Crippen LogP contribution is 2.29. The molecule has 4 rings (SSSR count). The number of rotatable bonds is 6. The summed E-state index contributed by atoms with van der Waals surface area (Å²) in [7, 11) is 0. The van der Waals surface area contributed by atoms with Gasteiger partial charge in [-0.3, -0.25) is 15.6 Å². The summed E-state index contributed by atoms with van der Waals surface area (Å²) in [5, 5.41) is 3.56. The van der Waals surface area contributed by atoms with E-state index in [1.807, 2.05) is 24.3 Å². The molecule has 27 heavy (non-hydrogen) atoms. The minimum Gasteiger partial charge on any atom is -0.484 e. The molecular weight excluding hydrogens is 344 g/mol. The average molecular weight is 368 g/mol. The fourth-order valence-corrected chi connectivity index (χ4v) is 3.80. The van der Waals surface area contributed by atoms with Gasteiger partial charge in [0, 0.05) is 30.4 Å². The molecule has 1 saturated carbocycles. The van der Waals surface area contributed by atoms with Crippen LogP contribution in [-0.2, 0) is 4.79 Å². The number of nitrogens with zero attached hydrogens (tertiary/aromatic N) is 2. The molecule has 0 bridgehead atoms. The van der Waals surface area contributed by atoms with Gasteiger partial charge in [-0.15, -0.1) is 0 Å². The Kier molecular flexibility index (Phi) is 5.17. The number of carbonyl (C=O) groups is 1. The summed E-state index contributed by atoms with van der Waals surface area (Å²) in [5.74, 6) is 2.16. The van der Waals surface area contributed by atoms with Crippen LogP contribution < -0.4 is 26.6 Å². The van der Waals surface area contributed by atoms with E-state index in [0.717, 1.165) is 37.2 Å². The van der Waals surface area contributed by atoms with Crippen molar-refractivity contribution >= 4 is 11.7 Å². The highest BCUT2D eigenvalue weighted by Gasteiger charge is 2.33. The molecule has 2 aromatic rings. The molecule has 1 saturated heterocycles. The first-order valence-corrected chi connectivity index (χ1v) is 9.27. The van der Waals surface area contributed by atoms with Gasteiger partial charge < -0.3 is 15.8 Å². The van der Waals surface area contributed by atoms with Crippen LogP contribution in [-0.4, -0.2) is 41.1 Å². The number of hydrazine groups is 1. The SMILES string of the molecule is NC(=O)COc1cccc(-c2nccc(NC3CCC4NNCC4C3)n2)c1. The van der Waals surface area contributed by atoms with Crippen LogP contribution in [0.15, 0.2) is 36.5 Å². The van der Waals surface area contributed by atoms with Crippen LogP contribution >= 0.6 is 0 Å². The van der Waals surface area contributed by atoms with Gasteiger partial charge in [0.1, 0.15) is 11.6 Å². The van der Waals surface area contributed by atoms with E-state index in [0.29, 0.717) is 29.6 Å². The van der Waals surface area contributed by atoms with Crippen LogP contribution in [0, 0.1) is 5.92 Å². The zero-order valence-corrected chi connectivity index (χ0v) is 15.0. The largest absolute Gasteiger partial charge is 0.484 e. The Labute approximate surface area is 157 Å². The number of anilines is 1. The molecular formula is C19H24N6O2. The van der Waals surface area contributed by atoms with Crippen LogP contribution in [0.3, 0.4) is 0 Å². The highest BCUT2D eigenvalue weighted by molar-refractivity contribution is 5.75. The normalized spacial score (nSPS) is 24.2. The molecule has 2 heterocycles. The molecule has 1 aliphatic carbocycles. The number of ether oxygens (including phenoxy) is 1. The first-order chi connectivity index (χ1) is 13.2. The molecule has 1 amide bonds. The summed E-state index contributed by atoms with van der Waals surface area (Å²) in [5.41, 5.74) is 12.6. The molecule has 1 aliphatic heterocycles. The highest BCUT2D eigenvalue weighted by atomic mass is 16.5. The van der Waals surface area contributed by atoms with Crippen molar-refractivity contribution in [2.75, 3.05) is 18.5 Å². The molecule has 3 atom stereocenters. The second-order valence-electron chi connectivity index (χ2n) is 7.09. The van der Waals surface area contributed by atoms with E-state index in [1.54, 1.807) is 12.3 Å². The Morgan fingerprint density at radius 2 is 2.26 bits per heavy atom. The third-order valence-corrected chi connectivity index (χ3v) is 5.12. The zero-order valence-electron chi connectivity index (χ0n) is 15.0. The van der Waals surface area contributed by atoms with Crippen LogP contribution in [0.1, 0.15) is 19.3 Å². The molecule has 2 fully saturated rings. The van der Waals surface area contributed by atoms with Crippen molar-refractivity contribution in [2.24, 2.45) is 11.7 Å². The van der Waals surface area contributed by atoms with Gasteiger partial charge in [0.05, 0.1) is 0 Å². The van der Waals surface area contributed by atoms with Gasteiger partial charge >= 0.3 is 0 Å². The van der Waals surface area contributed by atoms with Crippen LogP contribution in [0.25, 0.3) is 11.4 Å². The number of hydrogen-bond donors (Lipinski definition) is 4. The number of primary amides is 1. The smallest absolute Gasteiger partial charge is 0.255 e. The van der Waals surface area contributed by atoms with E-state index >= 15 is 0 Å². The van der Waals surface area contributed by atoms with Crippen molar-refractivity contribution < 1.29 is 9.53 Å². The lowest BCUT2D eigenvalue weighted by atomic mass is 9.83. The Morgan fingerprint density at radius 3 is 3.15 bits per heavy atom. The number of fused-ring (bicyclic) bond motifs is 1. The van der Waals surface area contributed by atoms with E-state index < -0.39 is 5.91 Å². The molecule has 2 aliphatic rings. The van der Waals surface area contributed by atoms with Gasteiger partial charge in [-0.2, -0.15) is 0 Å². The first kappa shape index (κ1) is 17.7. The maximum absolute atomic E-state index is 10.9. The summed E-state index contributed by atoms with van der Waals surface area (Å²) in [6, 6.07) is 10.2. The van der Waals surface area contributed by atoms with E-state index in [4.69, 9.17) is 10.5 Å². The number of hydrogen-bond acceptors (Lipinski definition) is 7. The molecule has 0 spiro atoms. The Balaban J connectivity index is 1.44. The number of nitrogens with one attached hydrogen (secondary N) is 3. The number of nitrogens with two attached hydrogens (primary N) is 1. The second-order valence-corrected chi connectivity index (χ2v) is 7.09. The number of amides is 1. The predicted molar refractivity (Wildman–Crippen MR) is 102 cm³/mol. The van der Waals surface area contributed by atoms with Crippen LogP contribution in [0.4, 0.5) is 5.82 Å². The standard InChI is InChI=1S/C19H24N6O2/c20-17(26)11-27-15-3-1-2-12(9-15)19-21-7-6-18(24-19)23-14-4-5-16-13(8-14)10-22-25-16/h1-3,6-7,9,13-14,16,22,25H,4-5,8,10-11H2,(H2,20,26)(H,21,23,24). The molecule has 8 nitrogen and oxygen atoms in total. The minimum absolute atomic E-state index is 0.153. The predicted octanol–water partition coefficient (Wildman–Crippen LogP) is 1.06. The number of carbonyl (C=O) groups excluding carboxylic acids is 1. The molecule has 8 heteroatoms. The van der Waals surface area contributed by atoms with E-state index in [1.165, 1.54) is 0 Å². The summed E-state index contributed by atoms with van der Waals surface area (Å²) >= 11 is 0. The van der Waals surface area contributed by atoms with E-state index in [-0.39, 0.29) is 6.61 Å². The van der Waals surface area contributed by atoms with Crippen molar-refractivity contribution in [1.82, 2.24) is 20.8 Å². The molecule has 1 aromatic carbocycles. The molecule has 5 N–H and O–H groups in total. The summed E-state index contributed by atoms with van der Waals surface area (Å²) in [6.07, 6.45) is 5.16. The lowest BCUT2D eigenvalue weighted by molar-refractivity contribution is -0.119. The first-order valence-electron chi connectivity index (χ1n) is 9.27. The fourth-order valence-electron chi connectivity index (χ4n) is 3.80. The third-order valence-electron chi connectivity index (χ3n) is 5.12. The van der Waals surface area contributed by atoms with Gasteiger partial charge in [0.2, 0.25) is 0 Å². The summed E-state index contributed by atoms with van der Waals surface area (Å²) < 4.78 is 5.36. The van der Waals surface area contributed by atoms with E-state index in [9.17, 15) is 4.79 Å². The summed E-state index contributed by atoms with van der Waals surface area (Å²) in [4.78, 5) is 19.9. The van der Waals surface area contributed by atoms with E-state index in [2.05, 4.69) is 26.1 Å². The van der Waals surface area contributed by atoms with Gasteiger partial charge in [-0.05, 0) is 43.4 Å². The topological polar surface area (TPSA) is 114 Å². The molecule has 3 unspecified atom stereocenters. The van der Waals surface area contributed by atoms with Gasteiger partial charge in [0.25, 0.3) is 5.91 Å². The number of benzene rings is 1. The van der Waals surface area contributed by atoms with Crippen molar-refractivity contribution in [2.45, 2.75) is 31.3 Å². The lowest BCUT2D eigenvalue weighted by Crippen LogP contribution is -2.39. The average Bonchev–Trinajstić information content (AvgIpc) is 3.15. The van der Waals surface area contributed by atoms with Crippen molar-refractivity contribution in [3.8, 4) is 17.1 Å². The molecule has 0 radical (unpaired) electrons. The maximum Gasteiger partial charge on any atom is 0.255 e. The molecule has 1 aromatic heterocycles. The van der Waals surface area contributed by atoms with Crippen LogP contribution in [0.5, 0.6) is 5.75 Å². The van der Waals surface area contributed by atoms with Crippen molar-refractivity contribution in [3.05, 3.63) is 36.5 Å². The van der Waals surface area contributed by atoms with Crippen molar-refractivity contribution in [3.63, 3.8) is 0 Å². The van der Waals surface area contributed by atoms with Gasteiger partial charge in [-0.1, -0.05) is 12.1 Å². The Morgan fingerprint density at radius 1 is 1.33 bits per heavy atom.